The van der Waals surface area contributed by atoms with Gasteiger partial charge in [-0.15, -0.1) is 0 Å². The van der Waals surface area contributed by atoms with Crippen LogP contribution in [0.25, 0.3) is 0 Å². The molecule has 1 aromatic carbocycles. The van der Waals surface area contributed by atoms with Crippen molar-refractivity contribution in [2.75, 3.05) is 39.8 Å². The summed E-state index contributed by atoms with van der Waals surface area (Å²) in [6.45, 7) is 4.43. The van der Waals surface area contributed by atoms with Crippen molar-refractivity contribution >= 4 is 23.7 Å². The number of amides is 3. The molecule has 0 radical (unpaired) electrons. The Kier molecular flexibility index (Phi) is 13.9. The maximum absolute atomic E-state index is 13.2. The molecule has 3 amide bonds. The molecular weight excluding hydrogens is 468 g/mol. The number of carboxylic acid groups (broad SMARTS) is 1. The highest BCUT2D eigenvalue weighted by Gasteiger charge is 2.23. The summed E-state index contributed by atoms with van der Waals surface area (Å²) in [7, 11) is 1.93. The maximum atomic E-state index is 13.2. The third kappa shape index (κ3) is 11.5. The van der Waals surface area contributed by atoms with Crippen molar-refractivity contribution < 1.29 is 19.4 Å². The average molecular weight is 511 g/mol. The van der Waals surface area contributed by atoms with Gasteiger partial charge in [0, 0.05) is 37.2 Å². The molecule has 1 saturated carbocycles. The number of nitrogens with zero attached hydrogens (tertiary/aromatic N) is 1. The van der Waals surface area contributed by atoms with Gasteiger partial charge in [-0.25, -0.2) is 9.59 Å². The van der Waals surface area contributed by atoms with Gasteiger partial charge in [-0.05, 0) is 49.9 Å². The highest BCUT2D eigenvalue weighted by molar-refractivity contribution is 6.30. The van der Waals surface area contributed by atoms with Crippen LogP contribution in [0, 0.1) is 5.92 Å². The van der Waals surface area contributed by atoms with Crippen LogP contribution in [0.1, 0.15) is 70.0 Å². The summed E-state index contributed by atoms with van der Waals surface area (Å²) >= 11 is 6.20. The maximum Gasteiger partial charge on any atom is 0.404 e. The van der Waals surface area contributed by atoms with Crippen LogP contribution in [-0.2, 0) is 4.74 Å². The Morgan fingerprint density at radius 1 is 1.23 bits per heavy atom. The molecule has 2 rings (SSSR count). The van der Waals surface area contributed by atoms with E-state index in [9.17, 15) is 9.59 Å². The summed E-state index contributed by atoms with van der Waals surface area (Å²) in [5.74, 6) is 0.682. The van der Waals surface area contributed by atoms with Crippen LogP contribution in [-0.4, -0.2) is 68.0 Å². The number of ether oxygens (including phenoxy) is 1. The van der Waals surface area contributed by atoms with E-state index in [1.807, 2.05) is 30.1 Å². The highest BCUT2D eigenvalue weighted by Crippen LogP contribution is 2.27. The number of urea groups is 1. The van der Waals surface area contributed by atoms with Gasteiger partial charge < -0.3 is 30.7 Å². The number of hydrogen-bond donors (Lipinski definition) is 4. The van der Waals surface area contributed by atoms with Crippen molar-refractivity contribution in [3.05, 3.63) is 34.9 Å². The molecule has 1 fully saturated rings. The molecule has 1 aromatic rings. The van der Waals surface area contributed by atoms with E-state index in [0.29, 0.717) is 30.5 Å². The lowest BCUT2D eigenvalue weighted by molar-refractivity contribution is 0.0429. The quantitative estimate of drug-likeness (QED) is 0.248. The molecule has 0 aliphatic heterocycles. The number of nitrogens with one attached hydrogen (secondary N) is 3. The summed E-state index contributed by atoms with van der Waals surface area (Å²) in [5.41, 5.74) is 0.912. The lowest BCUT2D eigenvalue weighted by atomic mass is 9.85. The van der Waals surface area contributed by atoms with E-state index in [2.05, 4.69) is 22.9 Å². The number of halogens is 1. The molecule has 0 bridgehead atoms. The molecule has 4 N–H and O–H groups in total. The molecule has 0 heterocycles. The molecule has 1 aliphatic carbocycles. The first-order chi connectivity index (χ1) is 16.9. The smallest absolute Gasteiger partial charge is 0.404 e. The summed E-state index contributed by atoms with van der Waals surface area (Å²) in [6.07, 6.45) is 7.49. The Hall–Kier alpha value is -2.03. The Morgan fingerprint density at radius 3 is 2.66 bits per heavy atom. The normalized spacial score (nSPS) is 15.9. The molecule has 0 spiro atoms. The van der Waals surface area contributed by atoms with Crippen molar-refractivity contribution in [1.82, 2.24) is 20.9 Å². The molecule has 1 unspecified atom stereocenters. The van der Waals surface area contributed by atoms with Crippen LogP contribution in [0.2, 0.25) is 5.02 Å². The number of hydrogen-bond acceptors (Lipinski definition) is 4. The average Bonchev–Trinajstić information content (AvgIpc) is 2.83. The minimum atomic E-state index is -1.08. The lowest BCUT2D eigenvalue weighted by Crippen LogP contribution is -2.49. The van der Waals surface area contributed by atoms with Crippen LogP contribution < -0.4 is 16.0 Å². The first-order valence-corrected chi connectivity index (χ1v) is 13.3. The van der Waals surface area contributed by atoms with Crippen LogP contribution in [0.15, 0.2) is 24.3 Å². The summed E-state index contributed by atoms with van der Waals surface area (Å²) in [4.78, 5) is 25.9. The third-order valence-corrected chi connectivity index (χ3v) is 6.72. The third-order valence-electron chi connectivity index (χ3n) is 6.48. The van der Waals surface area contributed by atoms with Gasteiger partial charge in [0.1, 0.15) is 0 Å². The van der Waals surface area contributed by atoms with Crippen molar-refractivity contribution in [3.8, 4) is 0 Å². The second kappa shape index (κ2) is 16.6. The van der Waals surface area contributed by atoms with E-state index in [1.165, 1.54) is 32.1 Å². The summed E-state index contributed by atoms with van der Waals surface area (Å²) in [5, 5.41) is 18.2. The predicted octanol–water partition coefficient (Wildman–Crippen LogP) is 5.04. The molecular formula is C26H43ClN4O4. The fraction of sp³-hybridized carbons (Fsp3) is 0.692. The largest absolute Gasteiger partial charge is 0.465 e. The fourth-order valence-corrected chi connectivity index (χ4v) is 5.00. The Morgan fingerprint density at radius 2 is 2.00 bits per heavy atom. The van der Waals surface area contributed by atoms with E-state index >= 15 is 0 Å². The Labute approximate surface area is 215 Å². The molecule has 2 atom stereocenters. The number of rotatable bonds is 15. The van der Waals surface area contributed by atoms with E-state index in [0.717, 1.165) is 24.9 Å². The van der Waals surface area contributed by atoms with Gasteiger partial charge in [-0.3, -0.25) is 0 Å². The van der Waals surface area contributed by atoms with E-state index < -0.39 is 6.09 Å². The standard InChI is InChI=1S/C26H43ClN4O4/c1-3-14-31(25(32)30-23(19-28-2)17-20-8-5-4-6-9-20)15-12-24(35-16-13-29-26(33)34)21-10-7-11-22(27)18-21/h7,10-11,18,20,23-24,28-29H,3-6,8-9,12-17,19H2,1-2H3,(H,30,32)(H,33,34)/t23-,24?/m0/s1. The molecule has 198 valence electrons. The highest BCUT2D eigenvalue weighted by atomic mass is 35.5. The molecule has 9 heteroatoms. The van der Waals surface area contributed by atoms with Crippen LogP contribution in [0.4, 0.5) is 9.59 Å². The second-order valence-electron chi connectivity index (χ2n) is 9.37. The minimum Gasteiger partial charge on any atom is -0.465 e. The summed E-state index contributed by atoms with van der Waals surface area (Å²) < 4.78 is 6.01. The Bertz CT molecular complexity index is 761. The zero-order valence-corrected chi connectivity index (χ0v) is 22.0. The Balaban J connectivity index is 1.99. The zero-order chi connectivity index (χ0) is 25.5. The van der Waals surface area contributed by atoms with E-state index in [4.69, 9.17) is 21.4 Å². The van der Waals surface area contributed by atoms with Gasteiger partial charge in [-0.2, -0.15) is 0 Å². The van der Waals surface area contributed by atoms with Gasteiger partial charge in [0.25, 0.3) is 0 Å². The van der Waals surface area contributed by atoms with Crippen LogP contribution in [0.5, 0.6) is 0 Å². The molecule has 1 aliphatic rings. The molecule has 0 aromatic heterocycles. The number of carbonyl (C=O) groups is 2. The topological polar surface area (TPSA) is 103 Å². The predicted molar refractivity (Wildman–Crippen MR) is 140 cm³/mol. The lowest BCUT2D eigenvalue weighted by Gasteiger charge is -2.30. The number of benzene rings is 1. The van der Waals surface area contributed by atoms with Crippen molar-refractivity contribution in [2.24, 2.45) is 5.92 Å². The van der Waals surface area contributed by atoms with Crippen LogP contribution in [0.3, 0.4) is 0 Å². The molecule has 8 nitrogen and oxygen atoms in total. The number of carbonyl (C=O) groups excluding carboxylic acids is 1. The van der Waals surface area contributed by atoms with Gasteiger partial charge in [0.15, 0.2) is 0 Å². The van der Waals surface area contributed by atoms with Gasteiger partial charge >= 0.3 is 12.1 Å². The van der Waals surface area contributed by atoms with Gasteiger partial charge in [0.05, 0.1) is 12.7 Å². The minimum absolute atomic E-state index is 0.0414. The number of likely N-dealkylation sites (N-methyl/N-ethyl adjacent to an activating group) is 1. The van der Waals surface area contributed by atoms with Gasteiger partial charge in [-0.1, -0.05) is 62.8 Å². The van der Waals surface area contributed by atoms with Crippen molar-refractivity contribution in [3.63, 3.8) is 0 Å². The monoisotopic (exact) mass is 510 g/mol. The SMILES string of the molecule is CCCN(CCC(OCCNC(=O)O)c1cccc(Cl)c1)C(=O)N[C@H](CNC)CC1CCCCC1. The first kappa shape index (κ1) is 29.2. The van der Waals surface area contributed by atoms with Crippen LogP contribution >= 0.6 is 11.6 Å². The van der Waals surface area contributed by atoms with Crippen molar-refractivity contribution in [2.45, 2.75) is 70.4 Å². The van der Waals surface area contributed by atoms with Gasteiger partial charge in [0.2, 0.25) is 0 Å². The fourth-order valence-electron chi connectivity index (χ4n) is 4.80. The van der Waals surface area contributed by atoms with Crippen molar-refractivity contribution in [1.29, 1.82) is 0 Å². The van der Waals surface area contributed by atoms with E-state index in [1.54, 1.807) is 6.07 Å². The summed E-state index contributed by atoms with van der Waals surface area (Å²) in [6, 6.07) is 7.54. The zero-order valence-electron chi connectivity index (χ0n) is 21.2. The molecule has 35 heavy (non-hydrogen) atoms. The first-order valence-electron chi connectivity index (χ1n) is 13.0. The second-order valence-corrected chi connectivity index (χ2v) is 9.80. The van der Waals surface area contributed by atoms with E-state index in [-0.39, 0.29) is 31.3 Å². The molecule has 0 saturated heterocycles.